The summed E-state index contributed by atoms with van der Waals surface area (Å²) >= 11 is 0. The van der Waals surface area contributed by atoms with Crippen LogP contribution in [-0.2, 0) is 6.42 Å². The summed E-state index contributed by atoms with van der Waals surface area (Å²) in [5, 5.41) is 9.64. The normalized spacial score (nSPS) is 10.5. The molecule has 2 N–H and O–H groups in total. The fourth-order valence-electron chi connectivity index (χ4n) is 1.36. The second kappa shape index (κ2) is 3.01. The van der Waals surface area contributed by atoms with Crippen molar-refractivity contribution in [2.45, 2.75) is 13.3 Å². The Balaban J connectivity index is 2.74. The van der Waals surface area contributed by atoms with E-state index in [-0.39, 0.29) is 0 Å². The molecule has 13 heavy (non-hydrogen) atoms. The quantitative estimate of drug-likeness (QED) is 0.715. The van der Waals surface area contributed by atoms with E-state index in [2.05, 4.69) is 29.3 Å². The lowest BCUT2D eigenvalue weighted by Crippen LogP contribution is -1.94. The van der Waals surface area contributed by atoms with Crippen molar-refractivity contribution in [3.63, 3.8) is 0 Å². The minimum atomic E-state index is 0.507. The van der Waals surface area contributed by atoms with E-state index in [0.29, 0.717) is 5.82 Å². The molecule has 2 aromatic rings. The molecule has 0 amide bonds. The number of nitrogens with zero attached hydrogens (tertiary/aromatic N) is 2. The van der Waals surface area contributed by atoms with Gasteiger partial charge in [-0.3, -0.25) is 0 Å². The van der Waals surface area contributed by atoms with Crippen molar-refractivity contribution >= 4 is 16.6 Å². The van der Waals surface area contributed by atoms with Crippen molar-refractivity contribution < 1.29 is 0 Å². The summed E-state index contributed by atoms with van der Waals surface area (Å²) in [6.07, 6.45) is 2.74. The number of anilines is 1. The van der Waals surface area contributed by atoms with Gasteiger partial charge in [0.25, 0.3) is 0 Å². The van der Waals surface area contributed by atoms with Crippen molar-refractivity contribution in [3.8, 4) is 0 Å². The maximum absolute atomic E-state index is 5.71. The van der Waals surface area contributed by atoms with Gasteiger partial charge in [0.15, 0.2) is 5.82 Å². The van der Waals surface area contributed by atoms with E-state index in [1.807, 2.05) is 6.07 Å². The molecule has 3 heteroatoms. The van der Waals surface area contributed by atoms with Gasteiger partial charge in [-0.15, -0.1) is 5.10 Å². The maximum Gasteiger partial charge on any atom is 0.153 e. The molecule has 0 radical (unpaired) electrons. The highest BCUT2D eigenvalue weighted by Gasteiger charge is 1.99. The Labute approximate surface area is 76.6 Å². The Bertz CT molecular complexity index is 437. The van der Waals surface area contributed by atoms with Gasteiger partial charge in [-0.05, 0) is 18.1 Å². The van der Waals surface area contributed by atoms with Crippen LogP contribution in [0.25, 0.3) is 10.8 Å². The highest BCUT2D eigenvalue weighted by Crippen LogP contribution is 2.18. The second-order valence-electron chi connectivity index (χ2n) is 3.00. The molecule has 0 bridgehead atoms. The Morgan fingerprint density at radius 2 is 2.23 bits per heavy atom. The summed E-state index contributed by atoms with van der Waals surface area (Å²) in [4.78, 5) is 0. The van der Waals surface area contributed by atoms with Crippen LogP contribution < -0.4 is 5.73 Å². The molecule has 2 rings (SSSR count). The smallest absolute Gasteiger partial charge is 0.153 e. The molecule has 0 spiro atoms. The summed E-state index contributed by atoms with van der Waals surface area (Å²) in [6, 6.07) is 6.18. The van der Waals surface area contributed by atoms with E-state index < -0.39 is 0 Å². The van der Waals surface area contributed by atoms with Gasteiger partial charge in [0.2, 0.25) is 0 Å². The monoisotopic (exact) mass is 173 g/mol. The number of nitrogens with two attached hydrogens (primary N) is 1. The Hall–Kier alpha value is -1.64. The van der Waals surface area contributed by atoms with Crippen molar-refractivity contribution in [1.29, 1.82) is 0 Å². The van der Waals surface area contributed by atoms with Gasteiger partial charge in [-0.25, -0.2) is 0 Å². The summed E-state index contributed by atoms with van der Waals surface area (Å²) in [5.41, 5.74) is 6.98. The first-order chi connectivity index (χ1) is 6.31. The van der Waals surface area contributed by atoms with E-state index in [1.54, 1.807) is 6.20 Å². The van der Waals surface area contributed by atoms with Gasteiger partial charge in [0.05, 0.1) is 6.20 Å². The summed E-state index contributed by atoms with van der Waals surface area (Å²) in [7, 11) is 0. The number of benzene rings is 1. The zero-order valence-corrected chi connectivity index (χ0v) is 7.49. The number of rotatable bonds is 1. The number of nitrogen functional groups attached to an aromatic ring is 1. The molecule has 3 nitrogen and oxygen atoms in total. The fourth-order valence-corrected chi connectivity index (χ4v) is 1.36. The van der Waals surface area contributed by atoms with Crippen LogP contribution in [0.5, 0.6) is 0 Å². The molecule has 0 unspecified atom stereocenters. The lowest BCUT2D eigenvalue weighted by Gasteiger charge is -2.01. The molecular weight excluding hydrogens is 162 g/mol. The van der Waals surface area contributed by atoms with Gasteiger partial charge in [-0.1, -0.05) is 19.1 Å². The van der Waals surface area contributed by atoms with Gasteiger partial charge in [0.1, 0.15) is 0 Å². The van der Waals surface area contributed by atoms with E-state index in [9.17, 15) is 0 Å². The predicted octanol–water partition coefficient (Wildman–Crippen LogP) is 1.77. The Kier molecular flexibility index (Phi) is 1.85. The highest BCUT2D eigenvalue weighted by molar-refractivity contribution is 5.90. The van der Waals surface area contributed by atoms with Crippen molar-refractivity contribution in [3.05, 3.63) is 30.0 Å². The molecular formula is C10H11N3. The molecule has 0 aliphatic carbocycles. The lowest BCUT2D eigenvalue weighted by molar-refractivity contribution is 1.06. The minimum Gasteiger partial charge on any atom is -0.382 e. The van der Waals surface area contributed by atoms with Gasteiger partial charge >= 0.3 is 0 Å². The zero-order valence-electron chi connectivity index (χ0n) is 7.49. The first-order valence-corrected chi connectivity index (χ1v) is 4.31. The summed E-state index contributed by atoms with van der Waals surface area (Å²) < 4.78 is 0. The molecule has 0 atom stereocenters. The van der Waals surface area contributed by atoms with E-state index >= 15 is 0 Å². The first kappa shape index (κ1) is 7.98. The van der Waals surface area contributed by atoms with Crippen molar-refractivity contribution in [2.24, 2.45) is 0 Å². The summed E-state index contributed by atoms with van der Waals surface area (Å²) in [5.74, 6) is 0.507. The predicted molar refractivity (Wildman–Crippen MR) is 53.3 cm³/mol. The zero-order chi connectivity index (χ0) is 9.26. The fraction of sp³-hybridized carbons (Fsp3) is 0.200. The van der Waals surface area contributed by atoms with Gasteiger partial charge in [-0.2, -0.15) is 5.10 Å². The molecule has 0 saturated heterocycles. The molecule has 0 saturated carbocycles. The lowest BCUT2D eigenvalue weighted by atomic mass is 10.1. The third-order valence-corrected chi connectivity index (χ3v) is 2.16. The van der Waals surface area contributed by atoms with Crippen LogP contribution in [-0.4, -0.2) is 10.2 Å². The van der Waals surface area contributed by atoms with E-state index in [4.69, 9.17) is 5.73 Å². The maximum atomic E-state index is 5.71. The molecule has 1 heterocycles. The molecule has 0 aliphatic rings. The van der Waals surface area contributed by atoms with Crippen LogP contribution in [0.3, 0.4) is 0 Å². The first-order valence-electron chi connectivity index (χ1n) is 4.31. The molecule has 1 aromatic heterocycles. The van der Waals surface area contributed by atoms with Gasteiger partial charge in [0, 0.05) is 10.8 Å². The Morgan fingerprint density at radius 1 is 1.38 bits per heavy atom. The van der Waals surface area contributed by atoms with Crippen LogP contribution >= 0.6 is 0 Å². The standard InChI is InChI=1S/C10H11N3/c1-2-7-3-4-8-6-12-13-10(11)9(8)5-7/h3-6H,2H2,1H3,(H2,11,13). The highest BCUT2D eigenvalue weighted by atomic mass is 15.1. The summed E-state index contributed by atoms with van der Waals surface area (Å²) in [6.45, 7) is 2.12. The number of aryl methyl sites for hydroxylation is 1. The minimum absolute atomic E-state index is 0.507. The average molecular weight is 173 g/mol. The average Bonchev–Trinajstić information content (AvgIpc) is 2.18. The van der Waals surface area contributed by atoms with Crippen LogP contribution in [0.4, 0.5) is 5.82 Å². The van der Waals surface area contributed by atoms with Crippen LogP contribution in [0, 0.1) is 0 Å². The van der Waals surface area contributed by atoms with Crippen molar-refractivity contribution in [2.75, 3.05) is 5.73 Å². The molecule has 0 fully saturated rings. The number of hydrogen-bond acceptors (Lipinski definition) is 3. The molecule has 0 aliphatic heterocycles. The molecule has 1 aromatic carbocycles. The van der Waals surface area contributed by atoms with Gasteiger partial charge < -0.3 is 5.73 Å². The third kappa shape index (κ3) is 1.33. The number of fused-ring (bicyclic) bond motifs is 1. The molecule has 66 valence electrons. The second-order valence-corrected chi connectivity index (χ2v) is 3.00. The van der Waals surface area contributed by atoms with Crippen molar-refractivity contribution in [1.82, 2.24) is 10.2 Å². The third-order valence-electron chi connectivity index (χ3n) is 2.16. The SMILES string of the molecule is CCc1ccc2cnnc(N)c2c1. The largest absolute Gasteiger partial charge is 0.382 e. The van der Waals surface area contributed by atoms with Crippen LogP contribution in [0.2, 0.25) is 0 Å². The van der Waals surface area contributed by atoms with Crippen LogP contribution in [0.15, 0.2) is 24.4 Å². The number of aromatic nitrogens is 2. The topological polar surface area (TPSA) is 51.8 Å². The van der Waals surface area contributed by atoms with E-state index in [1.165, 1.54) is 5.56 Å². The number of hydrogen-bond donors (Lipinski definition) is 1. The van der Waals surface area contributed by atoms with E-state index in [0.717, 1.165) is 17.2 Å². The Morgan fingerprint density at radius 3 is 3.00 bits per heavy atom. The van der Waals surface area contributed by atoms with Crippen LogP contribution in [0.1, 0.15) is 12.5 Å².